The van der Waals surface area contributed by atoms with Crippen LogP contribution in [-0.4, -0.2) is 35.7 Å². The molecule has 25 heavy (non-hydrogen) atoms. The molecule has 0 aliphatic heterocycles. The summed E-state index contributed by atoms with van der Waals surface area (Å²) in [5, 5.41) is 1.12. The van der Waals surface area contributed by atoms with E-state index in [2.05, 4.69) is 4.98 Å². The van der Waals surface area contributed by atoms with Crippen LogP contribution in [0.1, 0.15) is 5.56 Å². The van der Waals surface area contributed by atoms with Gasteiger partial charge in [0, 0.05) is 48.9 Å². The first-order chi connectivity index (χ1) is 11.9. The highest BCUT2D eigenvalue weighted by molar-refractivity contribution is 5.95. The van der Waals surface area contributed by atoms with Crippen molar-refractivity contribution in [2.45, 2.75) is 6.54 Å². The summed E-state index contributed by atoms with van der Waals surface area (Å²) < 4.78 is 21.8. The molecule has 130 valence electrons. The van der Waals surface area contributed by atoms with Crippen molar-refractivity contribution in [2.75, 3.05) is 21.2 Å². The molecule has 0 fully saturated rings. The minimum absolute atomic E-state index is 0.163. The number of aromatic nitrogens is 2. The van der Waals surface area contributed by atoms with Gasteiger partial charge in [0.15, 0.2) is 0 Å². The quantitative estimate of drug-likeness (QED) is 0.732. The van der Waals surface area contributed by atoms with Crippen molar-refractivity contribution < 1.29 is 9.13 Å². The van der Waals surface area contributed by atoms with Crippen LogP contribution in [0.25, 0.3) is 21.9 Å². The first-order valence-corrected chi connectivity index (χ1v) is 7.87. The summed E-state index contributed by atoms with van der Waals surface area (Å²) in [6.07, 6.45) is 4.76. The maximum absolute atomic E-state index is 14.9. The summed E-state index contributed by atoms with van der Waals surface area (Å²) in [6.45, 7) is 0.568. The van der Waals surface area contributed by atoms with Gasteiger partial charge in [-0.05, 0) is 37.7 Å². The molecule has 3 aromatic rings. The van der Waals surface area contributed by atoms with Crippen LogP contribution < -0.4 is 10.3 Å². The van der Waals surface area contributed by atoms with Gasteiger partial charge in [0.1, 0.15) is 11.6 Å². The summed E-state index contributed by atoms with van der Waals surface area (Å²) >= 11 is 0. The fraction of sp³-hybridized carbons (Fsp3) is 0.263. The van der Waals surface area contributed by atoms with Gasteiger partial charge in [-0.15, -0.1) is 0 Å². The molecule has 0 amide bonds. The minimum atomic E-state index is -0.352. The molecule has 0 saturated carbocycles. The average Bonchev–Trinajstić information content (AvgIpc) is 2.58. The smallest absolute Gasteiger partial charge is 0.259 e. The van der Waals surface area contributed by atoms with Crippen molar-refractivity contribution in [3.8, 4) is 16.9 Å². The number of fused-ring (bicyclic) bond motifs is 1. The first-order valence-electron chi connectivity index (χ1n) is 7.87. The Morgan fingerprint density at radius 3 is 2.68 bits per heavy atom. The second kappa shape index (κ2) is 6.64. The molecule has 0 atom stereocenters. The molecule has 1 aromatic carbocycles. The summed E-state index contributed by atoms with van der Waals surface area (Å²) in [6, 6.07) is 4.91. The Kier molecular flexibility index (Phi) is 4.55. The fourth-order valence-electron chi connectivity index (χ4n) is 2.98. The van der Waals surface area contributed by atoms with Gasteiger partial charge in [0.2, 0.25) is 0 Å². The van der Waals surface area contributed by atoms with Crippen LogP contribution in [0, 0.1) is 5.82 Å². The Labute approximate surface area is 145 Å². The van der Waals surface area contributed by atoms with Crippen molar-refractivity contribution in [3.63, 3.8) is 0 Å². The van der Waals surface area contributed by atoms with Crippen molar-refractivity contribution in [3.05, 3.63) is 58.5 Å². The van der Waals surface area contributed by atoms with Gasteiger partial charge in [-0.1, -0.05) is 0 Å². The van der Waals surface area contributed by atoms with E-state index in [-0.39, 0.29) is 11.4 Å². The molecule has 3 rings (SSSR count). The molecular formula is C19H20FN3O2. The van der Waals surface area contributed by atoms with Crippen LogP contribution in [0.5, 0.6) is 5.75 Å². The highest BCUT2D eigenvalue weighted by Crippen LogP contribution is 2.33. The zero-order valence-corrected chi connectivity index (χ0v) is 14.7. The minimum Gasteiger partial charge on any atom is -0.496 e. The van der Waals surface area contributed by atoms with Crippen molar-refractivity contribution in [1.82, 2.24) is 14.5 Å². The second-order valence-electron chi connectivity index (χ2n) is 6.26. The number of benzene rings is 1. The Bertz CT molecular complexity index is 996. The molecule has 0 saturated heterocycles. The van der Waals surface area contributed by atoms with E-state index in [9.17, 15) is 9.18 Å². The molecule has 0 bridgehead atoms. The summed E-state index contributed by atoms with van der Waals surface area (Å²) in [4.78, 5) is 18.3. The first kappa shape index (κ1) is 17.1. The second-order valence-corrected chi connectivity index (χ2v) is 6.26. The lowest BCUT2D eigenvalue weighted by Crippen LogP contribution is -2.17. The van der Waals surface area contributed by atoms with Gasteiger partial charge in [0.05, 0.1) is 12.5 Å². The molecule has 5 nitrogen and oxygen atoms in total. The topological polar surface area (TPSA) is 47.4 Å². The number of ether oxygens (including phenoxy) is 1. The van der Waals surface area contributed by atoms with Crippen molar-refractivity contribution in [1.29, 1.82) is 0 Å². The van der Waals surface area contributed by atoms with Crippen LogP contribution in [-0.2, 0) is 13.6 Å². The largest absolute Gasteiger partial charge is 0.496 e. The Morgan fingerprint density at radius 2 is 2.00 bits per heavy atom. The number of hydrogen-bond acceptors (Lipinski definition) is 4. The average molecular weight is 341 g/mol. The van der Waals surface area contributed by atoms with E-state index in [4.69, 9.17) is 4.74 Å². The van der Waals surface area contributed by atoms with Gasteiger partial charge in [-0.2, -0.15) is 0 Å². The molecule has 0 aliphatic carbocycles. The number of nitrogens with zero attached hydrogens (tertiary/aromatic N) is 3. The van der Waals surface area contributed by atoms with Crippen LogP contribution in [0.15, 0.2) is 41.6 Å². The molecule has 0 N–H and O–H groups in total. The Balaban J connectivity index is 2.29. The molecule has 0 aliphatic rings. The third-order valence-corrected chi connectivity index (χ3v) is 4.13. The lowest BCUT2D eigenvalue weighted by Gasteiger charge is -2.16. The van der Waals surface area contributed by atoms with E-state index in [1.807, 2.05) is 19.0 Å². The number of pyridine rings is 2. The lowest BCUT2D eigenvalue weighted by molar-refractivity contribution is 0.370. The molecule has 0 spiro atoms. The third-order valence-electron chi connectivity index (χ3n) is 4.13. The van der Waals surface area contributed by atoms with Gasteiger partial charge < -0.3 is 14.2 Å². The molecule has 0 radical (unpaired) electrons. The summed E-state index contributed by atoms with van der Waals surface area (Å²) in [5.41, 5.74) is 1.63. The van der Waals surface area contributed by atoms with Crippen molar-refractivity contribution >= 4 is 10.8 Å². The number of methoxy groups -OCH3 is 1. The Hall–Kier alpha value is -2.73. The van der Waals surface area contributed by atoms with E-state index in [0.29, 0.717) is 34.2 Å². The van der Waals surface area contributed by atoms with Crippen LogP contribution in [0.3, 0.4) is 0 Å². The zero-order valence-electron chi connectivity index (χ0n) is 14.7. The highest BCUT2D eigenvalue weighted by atomic mass is 19.1. The van der Waals surface area contributed by atoms with E-state index in [1.165, 1.54) is 16.8 Å². The van der Waals surface area contributed by atoms with E-state index in [0.717, 1.165) is 5.56 Å². The van der Waals surface area contributed by atoms with E-state index < -0.39 is 0 Å². The summed E-state index contributed by atoms with van der Waals surface area (Å²) in [5.74, 6) is 0.260. The van der Waals surface area contributed by atoms with Crippen LogP contribution >= 0.6 is 0 Å². The predicted molar refractivity (Wildman–Crippen MR) is 96.3 cm³/mol. The predicted octanol–water partition coefficient (Wildman–Crippen LogP) is 2.81. The standard InChI is InChI=1S/C19H20FN3O2/c1-22(2)10-12-7-17(20)14(8-18(12)25-4)16-11-23(3)19(24)15-9-21-6-5-13(15)16/h5-9,11H,10H2,1-4H3. The van der Waals surface area contributed by atoms with Gasteiger partial charge in [-0.3, -0.25) is 9.78 Å². The van der Waals surface area contributed by atoms with Gasteiger partial charge in [0.25, 0.3) is 5.56 Å². The Morgan fingerprint density at radius 1 is 1.24 bits per heavy atom. The van der Waals surface area contributed by atoms with Crippen LogP contribution in [0.2, 0.25) is 0 Å². The number of aryl methyl sites for hydroxylation is 1. The highest BCUT2D eigenvalue weighted by Gasteiger charge is 2.16. The third kappa shape index (κ3) is 3.13. The van der Waals surface area contributed by atoms with E-state index >= 15 is 0 Å². The molecular weight excluding hydrogens is 321 g/mol. The van der Waals surface area contributed by atoms with Gasteiger partial charge in [-0.25, -0.2) is 4.39 Å². The van der Waals surface area contributed by atoms with Gasteiger partial charge >= 0.3 is 0 Å². The lowest BCUT2D eigenvalue weighted by atomic mass is 9.99. The molecule has 0 unspecified atom stereocenters. The fourth-order valence-corrected chi connectivity index (χ4v) is 2.98. The molecule has 2 aromatic heterocycles. The number of rotatable bonds is 4. The monoisotopic (exact) mass is 341 g/mol. The maximum Gasteiger partial charge on any atom is 0.259 e. The zero-order chi connectivity index (χ0) is 18.1. The van der Waals surface area contributed by atoms with Crippen LogP contribution in [0.4, 0.5) is 4.39 Å². The SMILES string of the molecule is COc1cc(-c2cn(C)c(=O)c3cnccc23)c(F)cc1CN(C)C. The normalized spacial score (nSPS) is 11.3. The molecule has 2 heterocycles. The van der Waals surface area contributed by atoms with E-state index in [1.54, 1.807) is 38.7 Å². The number of hydrogen-bond donors (Lipinski definition) is 0. The maximum atomic E-state index is 14.9. The number of halogens is 1. The van der Waals surface area contributed by atoms with Crippen molar-refractivity contribution in [2.24, 2.45) is 7.05 Å². The summed E-state index contributed by atoms with van der Waals surface area (Å²) in [7, 11) is 7.05. The molecule has 6 heteroatoms.